The van der Waals surface area contributed by atoms with Crippen LogP contribution in [0, 0.1) is 0 Å². The molecule has 0 aliphatic carbocycles. The van der Waals surface area contributed by atoms with Crippen molar-refractivity contribution in [2.24, 2.45) is 14.1 Å². The number of nitrogens with zero attached hydrogens (tertiary/aromatic N) is 4. The lowest BCUT2D eigenvalue weighted by atomic mass is 10.1. The predicted octanol–water partition coefficient (Wildman–Crippen LogP) is 2.92. The number of aryl methyl sites for hydroxylation is 2. The lowest BCUT2D eigenvalue weighted by molar-refractivity contribution is -0.128. The van der Waals surface area contributed by atoms with E-state index in [1.807, 2.05) is 43.5 Å². The minimum atomic E-state index is 0.0851. The SMILES string of the molecule is Cn1cc(/C=C/C(=O)N2CCCCCC2c2cccn2C)cn1. The summed E-state index contributed by atoms with van der Waals surface area (Å²) in [6, 6.07) is 4.35. The van der Waals surface area contributed by atoms with Gasteiger partial charge in [0.25, 0.3) is 0 Å². The van der Waals surface area contributed by atoms with Crippen LogP contribution in [0.2, 0.25) is 0 Å². The Balaban J connectivity index is 1.80. The van der Waals surface area contributed by atoms with Gasteiger partial charge in [-0.1, -0.05) is 12.8 Å². The van der Waals surface area contributed by atoms with Crippen LogP contribution in [0.4, 0.5) is 0 Å². The van der Waals surface area contributed by atoms with Gasteiger partial charge in [0, 0.05) is 50.4 Å². The van der Waals surface area contributed by atoms with Gasteiger partial charge in [-0.2, -0.15) is 5.10 Å². The number of hydrogen-bond acceptors (Lipinski definition) is 2. The van der Waals surface area contributed by atoms with E-state index in [2.05, 4.69) is 15.7 Å². The molecular weight excluding hydrogens is 288 g/mol. The molecule has 1 fully saturated rings. The Morgan fingerprint density at radius 2 is 2.17 bits per heavy atom. The van der Waals surface area contributed by atoms with Crippen LogP contribution in [-0.2, 0) is 18.9 Å². The van der Waals surface area contributed by atoms with Gasteiger partial charge in [-0.15, -0.1) is 0 Å². The first-order chi connectivity index (χ1) is 11.1. The Morgan fingerprint density at radius 1 is 1.30 bits per heavy atom. The van der Waals surface area contributed by atoms with Gasteiger partial charge >= 0.3 is 0 Å². The number of aromatic nitrogens is 3. The Labute approximate surface area is 137 Å². The molecule has 2 aromatic rings. The molecule has 1 aliphatic rings. The highest BCUT2D eigenvalue weighted by Gasteiger charge is 2.26. The second kappa shape index (κ2) is 6.86. The van der Waals surface area contributed by atoms with Gasteiger partial charge in [0.05, 0.1) is 12.2 Å². The van der Waals surface area contributed by atoms with E-state index in [1.54, 1.807) is 17.0 Å². The van der Waals surface area contributed by atoms with E-state index in [-0.39, 0.29) is 11.9 Å². The van der Waals surface area contributed by atoms with E-state index in [1.165, 1.54) is 18.5 Å². The average Bonchev–Trinajstić information content (AvgIpc) is 3.06. The maximum atomic E-state index is 12.8. The Hall–Kier alpha value is -2.30. The summed E-state index contributed by atoms with van der Waals surface area (Å²) in [4.78, 5) is 14.8. The molecule has 5 heteroatoms. The van der Waals surface area contributed by atoms with E-state index in [0.717, 1.165) is 24.9 Å². The highest BCUT2D eigenvalue weighted by atomic mass is 16.2. The van der Waals surface area contributed by atoms with Crippen LogP contribution in [0.25, 0.3) is 6.08 Å². The summed E-state index contributed by atoms with van der Waals surface area (Å²) in [6.07, 6.45) is 13.7. The zero-order valence-corrected chi connectivity index (χ0v) is 13.9. The number of likely N-dealkylation sites (tertiary alicyclic amines) is 1. The summed E-state index contributed by atoms with van der Waals surface area (Å²) in [5.74, 6) is 0.0851. The fourth-order valence-corrected chi connectivity index (χ4v) is 3.29. The van der Waals surface area contributed by atoms with Crippen LogP contribution < -0.4 is 0 Å². The molecule has 122 valence electrons. The summed E-state index contributed by atoms with van der Waals surface area (Å²) in [5, 5.41) is 4.13. The molecule has 0 aromatic carbocycles. The van der Waals surface area contributed by atoms with Gasteiger partial charge in [0.2, 0.25) is 5.91 Å². The van der Waals surface area contributed by atoms with E-state index < -0.39 is 0 Å². The second-order valence-electron chi connectivity index (χ2n) is 6.22. The van der Waals surface area contributed by atoms with Gasteiger partial charge in [-0.3, -0.25) is 9.48 Å². The maximum absolute atomic E-state index is 12.8. The standard InChI is InChI=1S/C18H24N4O/c1-20-11-6-8-16(20)17-7-4-3-5-12-22(17)18(23)10-9-15-13-19-21(2)14-15/h6,8-11,13-14,17H,3-5,7,12H2,1-2H3/b10-9+. The van der Waals surface area contributed by atoms with Crippen LogP contribution >= 0.6 is 0 Å². The van der Waals surface area contributed by atoms with Crippen LogP contribution in [-0.4, -0.2) is 31.7 Å². The van der Waals surface area contributed by atoms with E-state index >= 15 is 0 Å². The Kier molecular flexibility index (Phi) is 4.65. The number of hydrogen-bond donors (Lipinski definition) is 0. The van der Waals surface area contributed by atoms with E-state index in [4.69, 9.17) is 0 Å². The number of carbonyl (C=O) groups excluding carboxylic acids is 1. The normalized spacial score (nSPS) is 19.2. The summed E-state index contributed by atoms with van der Waals surface area (Å²) < 4.78 is 3.87. The van der Waals surface area contributed by atoms with Crippen LogP contribution in [0.3, 0.4) is 0 Å². The predicted molar refractivity (Wildman–Crippen MR) is 90.6 cm³/mol. The van der Waals surface area contributed by atoms with Crippen molar-refractivity contribution in [2.75, 3.05) is 6.54 Å². The van der Waals surface area contributed by atoms with Gasteiger partial charge < -0.3 is 9.47 Å². The van der Waals surface area contributed by atoms with Crippen molar-refractivity contribution in [2.45, 2.75) is 31.7 Å². The molecule has 1 atom stereocenters. The summed E-state index contributed by atoms with van der Waals surface area (Å²) >= 11 is 0. The van der Waals surface area contributed by atoms with Crippen LogP contribution in [0.15, 0.2) is 36.8 Å². The molecule has 23 heavy (non-hydrogen) atoms. The maximum Gasteiger partial charge on any atom is 0.247 e. The summed E-state index contributed by atoms with van der Waals surface area (Å²) in [5.41, 5.74) is 2.17. The van der Waals surface area contributed by atoms with Crippen molar-refractivity contribution >= 4 is 12.0 Å². The summed E-state index contributed by atoms with van der Waals surface area (Å²) in [6.45, 7) is 0.825. The highest BCUT2D eigenvalue weighted by Crippen LogP contribution is 2.30. The molecule has 0 bridgehead atoms. The van der Waals surface area contributed by atoms with Crippen molar-refractivity contribution in [3.05, 3.63) is 48.1 Å². The van der Waals surface area contributed by atoms with Crippen molar-refractivity contribution < 1.29 is 4.79 Å². The molecule has 0 radical (unpaired) electrons. The quantitative estimate of drug-likeness (QED) is 0.818. The average molecular weight is 312 g/mol. The minimum Gasteiger partial charge on any atom is -0.353 e. The lowest BCUT2D eigenvalue weighted by Crippen LogP contribution is -2.34. The van der Waals surface area contributed by atoms with Gasteiger partial charge in [0.15, 0.2) is 0 Å². The number of carbonyl (C=O) groups is 1. The minimum absolute atomic E-state index is 0.0851. The molecule has 0 N–H and O–H groups in total. The fraction of sp³-hybridized carbons (Fsp3) is 0.444. The van der Waals surface area contributed by atoms with Crippen molar-refractivity contribution in [1.29, 1.82) is 0 Å². The molecule has 0 spiro atoms. The van der Waals surface area contributed by atoms with Gasteiger partial charge in [0.1, 0.15) is 0 Å². The zero-order valence-electron chi connectivity index (χ0n) is 13.9. The summed E-state index contributed by atoms with van der Waals surface area (Å²) in [7, 11) is 3.92. The molecule has 0 saturated carbocycles. The van der Waals surface area contributed by atoms with E-state index in [0.29, 0.717) is 0 Å². The first kappa shape index (κ1) is 15.6. The number of amides is 1. The Morgan fingerprint density at radius 3 is 2.87 bits per heavy atom. The number of rotatable bonds is 3. The third kappa shape index (κ3) is 3.55. The Bertz CT molecular complexity index is 697. The smallest absolute Gasteiger partial charge is 0.247 e. The monoisotopic (exact) mass is 312 g/mol. The zero-order chi connectivity index (χ0) is 16.2. The van der Waals surface area contributed by atoms with E-state index in [9.17, 15) is 4.79 Å². The second-order valence-corrected chi connectivity index (χ2v) is 6.22. The van der Waals surface area contributed by atoms with Crippen molar-refractivity contribution in [3.63, 3.8) is 0 Å². The molecule has 1 saturated heterocycles. The van der Waals surface area contributed by atoms with Crippen LogP contribution in [0.1, 0.15) is 43.0 Å². The topological polar surface area (TPSA) is 43.1 Å². The molecule has 5 nitrogen and oxygen atoms in total. The largest absolute Gasteiger partial charge is 0.353 e. The third-order valence-corrected chi connectivity index (χ3v) is 4.50. The van der Waals surface area contributed by atoms with Crippen LogP contribution in [0.5, 0.6) is 0 Å². The molecule has 3 rings (SSSR count). The third-order valence-electron chi connectivity index (χ3n) is 4.50. The molecule has 1 aliphatic heterocycles. The van der Waals surface area contributed by atoms with Gasteiger partial charge in [-0.05, 0) is 31.1 Å². The highest BCUT2D eigenvalue weighted by molar-refractivity contribution is 5.92. The molecule has 1 unspecified atom stereocenters. The first-order valence-electron chi connectivity index (χ1n) is 8.24. The van der Waals surface area contributed by atoms with Gasteiger partial charge in [-0.25, -0.2) is 0 Å². The molecule has 1 amide bonds. The molecule has 3 heterocycles. The van der Waals surface area contributed by atoms with Crippen molar-refractivity contribution in [1.82, 2.24) is 19.2 Å². The fourth-order valence-electron chi connectivity index (χ4n) is 3.29. The molecular formula is C18H24N4O. The first-order valence-corrected chi connectivity index (χ1v) is 8.24. The lowest BCUT2D eigenvalue weighted by Gasteiger charge is -2.29. The molecule has 2 aromatic heterocycles. The van der Waals surface area contributed by atoms with Crippen molar-refractivity contribution in [3.8, 4) is 0 Å².